The molecular formula is C21H20N2O3S2. The Hall–Kier alpha value is -2.51. The summed E-state index contributed by atoms with van der Waals surface area (Å²) in [4.78, 5) is 19.8. The van der Waals surface area contributed by atoms with E-state index in [-0.39, 0.29) is 12.0 Å². The third-order valence-corrected chi connectivity index (χ3v) is 6.04. The summed E-state index contributed by atoms with van der Waals surface area (Å²) < 4.78 is 11.7. The summed E-state index contributed by atoms with van der Waals surface area (Å²) in [6.45, 7) is 0.897. The Kier molecular flexibility index (Phi) is 5.83. The van der Waals surface area contributed by atoms with E-state index in [0.717, 1.165) is 27.8 Å². The maximum absolute atomic E-state index is 12.7. The van der Waals surface area contributed by atoms with Gasteiger partial charge in [0.25, 0.3) is 5.91 Å². The normalized spacial score (nSPS) is 15.2. The topological polar surface area (TPSA) is 51.7 Å². The van der Waals surface area contributed by atoms with Gasteiger partial charge in [0.2, 0.25) is 0 Å². The third kappa shape index (κ3) is 4.48. The molecule has 4 rings (SSSR count). The highest BCUT2D eigenvalue weighted by atomic mass is 32.2. The van der Waals surface area contributed by atoms with Crippen molar-refractivity contribution in [1.29, 1.82) is 0 Å². The second-order valence-corrected chi connectivity index (χ2v) is 8.24. The molecule has 1 aliphatic heterocycles. The van der Waals surface area contributed by atoms with Crippen LogP contribution in [0, 0.1) is 0 Å². The lowest BCUT2D eigenvalue weighted by Crippen LogP contribution is -2.41. The Bertz CT molecular complexity index is 929. The summed E-state index contributed by atoms with van der Waals surface area (Å²) in [6, 6.07) is 15.3. The fourth-order valence-electron chi connectivity index (χ4n) is 2.92. The molecule has 1 unspecified atom stereocenters. The molecule has 1 atom stereocenters. The van der Waals surface area contributed by atoms with Crippen LogP contribution in [0.4, 0.5) is 0 Å². The SMILES string of the molecule is CN(CC1COc2ccccc2O1)C(=O)c1ccc(SCc2cscn2)cc1. The van der Waals surface area contributed by atoms with Crippen LogP contribution in [-0.2, 0) is 5.75 Å². The first-order valence-electron chi connectivity index (χ1n) is 8.93. The number of benzene rings is 2. The number of rotatable bonds is 6. The number of amides is 1. The molecule has 2 heterocycles. The molecule has 1 aliphatic rings. The molecule has 0 bridgehead atoms. The molecule has 144 valence electrons. The van der Waals surface area contributed by atoms with Crippen LogP contribution >= 0.6 is 23.1 Å². The van der Waals surface area contributed by atoms with Crippen molar-refractivity contribution in [3.05, 3.63) is 70.7 Å². The van der Waals surface area contributed by atoms with E-state index >= 15 is 0 Å². The number of para-hydroxylation sites is 2. The Morgan fingerprint density at radius 1 is 1.21 bits per heavy atom. The Balaban J connectivity index is 1.32. The number of hydrogen-bond donors (Lipinski definition) is 0. The number of likely N-dealkylation sites (N-methyl/N-ethyl adjacent to an activating group) is 1. The van der Waals surface area contributed by atoms with E-state index in [1.165, 1.54) is 0 Å². The Labute approximate surface area is 172 Å². The highest BCUT2D eigenvalue weighted by Crippen LogP contribution is 2.31. The van der Waals surface area contributed by atoms with Gasteiger partial charge in [0, 0.05) is 28.6 Å². The number of ether oxygens (including phenoxy) is 2. The standard InChI is InChI=1S/C21H20N2O3S2/c1-23(10-17-11-25-19-4-2-3-5-20(19)26-17)21(24)15-6-8-18(9-7-15)28-13-16-12-27-14-22-16/h2-9,12,14,17H,10-11,13H2,1H3. The number of fused-ring (bicyclic) bond motifs is 1. The zero-order chi connectivity index (χ0) is 19.3. The van der Waals surface area contributed by atoms with Crippen LogP contribution in [0.3, 0.4) is 0 Å². The van der Waals surface area contributed by atoms with E-state index in [2.05, 4.69) is 10.4 Å². The van der Waals surface area contributed by atoms with E-state index in [1.54, 1.807) is 35.0 Å². The van der Waals surface area contributed by atoms with Crippen LogP contribution in [0.5, 0.6) is 11.5 Å². The quantitative estimate of drug-likeness (QED) is 0.564. The third-order valence-electron chi connectivity index (χ3n) is 4.36. The lowest BCUT2D eigenvalue weighted by molar-refractivity contribution is 0.0521. The summed E-state index contributed by atoms with van der Waals surface area (Å²) in [5.74, 6) is 2.27. The smallest absolute Gasteiger partial charge is 0.253 e. The van der Waals surface area contributed by atoms with Crippen molar-refractivity contribution in [3.8, 4) is 11.5 Å². The van der Waals surface area contributed by atoms with Crippen molar-refractivity contribution in [3.63, 3.8) is 0 Å². The van der Waals surface area contributed by atoms with Crippen molar-refractivity contribution in [2.45, 2.75) is 16.8 Å². The van der Waals surface area contributed by atoms with E-state index in [0.29, 0.717) is 18.7 Å². The van der Waals surface area contributed by atoms with Gasteiger partial charge in [0.15, 0.2) is 17.6 Å². The second kappa shape index (κ2) is 8.67. The van der Waals surface area contributed by atoms with Gasteiger partial charge < -0.3 is 14.4 Å². The molecule has 0 radical (unpaired) electrons. The molecular weight excluding hydrogens is 392 g/mol. The zero-order valence-corrected chi connectivity index (χ0v) is 17.0. The number of thioether (sulfide) groups is 1. The maximum Gasteiger partial charge on any atom is 0.253 e. The molecule has 0 fully saturated rings. The molecule has 0 N–H and O–H groups in total. The summed E-state index contributed by atoms with van der Waals surface area (Å²) in [5.41, 5.74) is 3.58. The maximum atomic E-state index is 12.7. The van der Waals surface area contributed by atoms with Gasteiger partial charge in [0.1, 0.15) is 6.61 Å². The summed E-state index contributed by atoms with van der Waals surface area (Å²) >= 11 is 3.31. The van der Waals surface area contributed by atoms with Crippen molar-refractivity contribution in [2.24, 2.45) is 0 Å². The largest absolute Gasteiger partial charge is 0.486 e. The molecule has 0 saturated heterocycles. The highest BCUT2D eigenvalue weighted by molar-refractivity contribution is 7.98. The molecule has 0 spiro atoms. The molecule has 28 heavy (non-hydrogen) atoms. The van der Waals surface area contributed by atoms with Gasteiger partial charge in [-0.15, -0.1) is 23.1 Å². The Morgan fingerprint density at radius 3 is 2.75 bits per heavy atom. The lowest BCUT2D eigenvalue weighted by atomic mass is 10.2. The number of hydrogen-bond acceptors (Lipinski definition) is 6. The van der Waals surface area contributed by atoms with Crippen molar-refractivity contribution in [1.82, 2.24) is 9.88 Å². The molecule has 2 aromatic carbocycles. The fourth-order valence-corrected chi connectivity index (χ4v) is 4.39. The molecule has 1 aromatic heterocycles. The average Bonchev–Trinajstić information content (AvgIpc) is 3.26. The van der Waals surface area contributed by atoms with Crippen LogP contribution in [0.25, 0.3) is 0 Å². The molecule has 0 aliphatic carbocycles. The second-order valence-electron chi connectivity index (χ2n) is 6.48. The molecule has 3 aromatic rings. The minimum Gasteiger partial charge on any atom is -0.486 e. The van der Waals surface area contributed by atoms with Gasteiger partial charge in [-0.3, -0.25) is 4.79 Å². The number of carbonyl (C=O) groups is 1. The van der Waals surface area contributed by atoms with E-state index in [4.69, 9.17) is 9.47 Å². The first-order valence-corrected chi connectivity index (χ1v) is 10.9. The van der Waals surface area contributed by atoms with E-state index in [9.17, 15) is 4.79 Å². The van der Waals surface area contributed by atoms with Gasteiger partial charge in [0.05, 0.1) is 17.7 Å². The molecule has 0 saturated carbocycles. The Morgan fingerprint density at radius 2 is 2.00 bits per heavy atom. The van der Waals surface area contributed by atoms with Crippen LogP contribution in [0.15, 0.2) is 64.3 Å². The van der Waals surface area contributed by atoms with Crippen LogP contribution in [0.1, 0.15) is 16.1 Å². The van der Waals surface area contributed by atoms with E-state index < -0.39 is 0 Å². The van der Waals surface area contributed by atoms with Crippen LogP contribution < -0.4 is 9.47 Å². The summed E-state index contributed by atoms with van der Waals surface area (Å²) in [5, 5.41) is 2.05. The van der Waals surface area contributed by atoms with Gasteiger partial charge >= 0.3 is 0 Å². The van der Waals surface area contributed by atoms with Crippen LogP contribution in [0.2, 0.25) is 0 Å². The minimum absolute atomic E-state index is 0.0292. The molecule has 5 nitrogen and oxygen atoms in total. The monoisotopic (exact) mass is 412 g/mol. The predicted octanol–water partition coefficient (Wildman–Crippen LogP) is 4.35. The zero-order valence-electron chi connectivity index (χ0n) is 15.4. The summed E-state index contributed by atoms with van der Waals surface area (Å²) in [6.07, 6.45) is -0.184. The average molecular weight is 413 g/mol. The first-order chi connectivity index (χ1) is 13.7. The highest BCUT2D eigenvalue weighted by Gasteiger charge is 2.24. The first kappa shape index (κ1) is 18.8. The van der Waals surface area contributed by atoms with Crippen molar-refractivity contribution < 1.29 is 14.3 Å². The van der Waals surface area contributed by atoms with E-state index in [1.807, 2.05) is 54.0 Å². The summed E-state index contributed by atoms with van der Waals surface area (Å²) in [7, 11) is 1.79. The number of aromatic nitrogens is 1. The fraction of sp³-hybridized carbons (Fsp3) is 0.238. The van der Waals surface area contributed by atoms with Gasteiger partial charge in [-0.1, -0.05) is 12.1 Å². The van der Waals surface area contributed by atoms with Crippen molar-refractivity contribution >= 4 is 29.0 Å². The van der Waals surface area contributed by atoms with Gasteiger partial charge in [-0.05, 0) is 36.4 Å². The number of nitrogens with zero attached hydrogens (tertiary/aromatic N) is 2. The van der Waals surface area contributed by atoms with Crippen molar-refractivity contribution in [2.75, 3.05) is 20.2 Å². The number of thiazole rings is 1. The lowest BCUT2D eigenvalue weighted by Gasteiger charge is -2.29. The molecule has 1 amide bonds. The van der Waals surface area contributed by atoms with Gasteiger partial charge in [-0.25, -0.2) is 4.98 Å². The van der Waals surface area contributed by atoms with Gasteiger partial charge in [-0.2, -0.15) is 0 Å². The number of carbonyl (C=O) groups excluding carboxylic acids is 1. The molecule has 7 heteroatoms. The van der Waals surface area contributed by atoms with Crippen LogP contribution in [-0.4, -0.2) is 42.1 Å². The minimum atomic E-state index is -0.184. The predicted molar refractivity (Wildman–Crippen MR) is 111 cm³/mol.